The number of carbonyl (C=O) groups is 1. The summed E-state index contributed by atoms with van der Waals surface area (Å²) in [5.74, 6) is 0.123. The lowest BCUT2D eigenvalue weighted by Gasteiger charge is -2.23. The second kappa shape index (κ2) is 7.01. The number of fused-ring (bicyclic) bond motifs is 2. The Labute approximate surface area is 173 Å². The molecule has 0 saturated heterocycles. The summed E-state index contributed by atoms with van der Waals surface area (Å²) >= 11 is 6.01. The normalized spacial score (nSPS) is 15.9. The van der Waals surface area contributed by atoms with Crippen molar-refractivity contribution in [2.24, 2.45) is 0 Å². The number of halogens is 1. The minimum atomic E-state index is -0.0444. The summed E-state index contributed by atoms with van der Waals surface area (Å²) in [5, 5.41) is 3.74. The third-order valence-corrected chi connectivity index (χ3v) is 5.64. The number of para-hydroxylation sites is 1. The summed E-state index contributed by atoms with van der Waals surface area (Å²) in [4.78, 5) is 25.2. The molecule has 0 aliphatic carbocycles. The highest BCUT2D eigenvalue weighted by Crippen LogP contribution is 2.33. The van der Waals surface area contributed by atoms with Gasteiger partial charge in [-0.05, 0) is 43.2 Å². The monoisotopic (exact) mass is 402 g/mol. The number of aromatic amines is 1. The van der Waals surface area contributed by atoms with Gasteiger partial charge in [0.25, 0.3) is 5.91 Å². The summed E-state index contributed by atoms with van der Waals surface area (Å²) in [6, 6.07) is 15.7. The van der Waals surface area contributed by atoms with E-state index in [4.69, 9.17) is 11.6 Å². The molecule has 0 radical (unpaired) electrons. The Bertz CT molecular complexity index is 1230. The summed E-state index contributed by atoms with van der Waals surface area (Å²) in [6.07, 6.45) is 2.59. The van der Waals surface area contributed by atoms with Gasteiger partial charge in [-0.3, -0.25) is 9.78 Å². The van der Waals surface area contributed by atoms with Crippen molar-refractivity contribution in [3.63, 3.8) is 0 Å². The molecule has 2 aromatic heterocycles. The van der Waals surface area contributed by atoms with Gasteiger partial charge in [-0.2, -0.15) is 0 Å². The van der Waals surface area contributed by atoms with Crippen molar-refractivity contribution in [3.8, 4) is 11.3 Å². The molecule has 1 atom stereocenters. The number of nitrogens with one attached hydrogen (secondary N) is 2. The largest absolute Gasteiger partial charge is 0.357 e. The number of hydrogen-bond donors (Lipinski definition) is 2. The molecule has 0 fully saturated rings. The quantitative estimate of drug-likeness (QED) is 0.523. The van der Waals surface area contributed by atoms with E-state index >= 15 is 0 Å². The number of nitrogens with zero attached hydrogens (tertiary/aromatic N) is 2. The lowest BCUT2D eigenvalue weighted by Crippen LogP contribution is -2.35. The van der Waals surface area contributed by atoms with Crippen LogP contribution >= 0.6 is 11.6 Å². The third kappa shape index (κ3) is 3.28. The zero-order chi connectivity index (χ0) is 20.0. The Morgan fingerprint density at radius 1 is 1.14 bits per heavy atom. The van der Waals surface area contributed by atoms with Crippen molar-refractivity contribution in [2.45, 2.75) is 19.3 Å². The van der Waals surface area contributed by atoms with Gasteiger partial charge in [0, 0.05) is 40.6 Å². The zero-order valence-corrected chi connectivity index (χ0v) is 16.6. The Balaban J connectivity index is 1.57. The minimum Gasteiger partial charge on any atom is -0.357 e. The van der Waals surface area contributed by atoms with Crippen LogP contribution in [-0.2, 0) is 6.42 Å². The van der Waals surface area contributed by atoms with E-state index < -0.39 is 0 Å². The fourth-order valence-corrected chi connectivity index (χ4v) is 4.10. The molecule has 0 saturated carbocycles. The highest BCUT2D eigenvalue weighted by molar-refractivity contribution is 6.30. The van der Waals surface area contributed by atoms with Crippen LogP contribution < -0.4 is 5.32 Å². The molecule has 1 aliphatic heterocycles. The van der Waals surface area contributed by atoms with Crippen LogP contribution in [0, 0.1) is 6.92 Å². The SMILES string of the molecule is Cc1cnc2c(-c3cc4c([nH]3)C(Cc3ccc(Cl)cc3)CNC4=O)cccc2n1. The second-order valence-corrected chi connectivity index (χ2v) is 7.87. The molecule has 3 heterocycles. The van der Waals surface area contributed by atoms with Gasteiger partial charge in [-0.1, -0.05) is 35.9 Å². The molecule has 2 aromatic carbocycles. The van der Waals surface area contributed by atoms with Crippen LogP contribution in [0.4, 0.5) is 0 Å². The first-order valence-corrected chi connectivity index (χ1v) is 9.94. The third-order valence-electron chi connectivity index (χ3n) is 5.39. The molecule has 4 aromatic rings. The zero-order valence-electron chi connectivity index (χ0n) is 15.9. The fourth-order valence-electron chi connectivity index (χ4n) is 3.97. The smallest absolute Gasteiger partial charge is 0.253 e. The molecule has 2 N–H and O–H groups in total. The van der Waals surface area contributed by atoms with Gasteiger partial charge in [0.2, 0.25) is 0 Å². The molecule has 0 bridgehead atoms. The van der Waals surface area contributed by atoms with Crippen LogP contribution in [0.25, 0.3) is 22.3 Å². The molecule has 5 nitrogen and oxygen atoms in total. The van der Waals surface area contributed by atoms with Gasteiger partial charge < -0.3 is 10.3 Å². The highest BCUT2D eigenvalue weighted by atomic mass is 35.5. The van der Waals surface area contributed by atoms with E-state index in [1.165, 1.54) is 5.56 Å². The van der Waals surface area contributed by atoms with Crippen LogP contribution in [0.1, 0.15) is 33.2 Å². The average Bonchev–Trinajstić information content (AvgIpc) is 3.17. The average molecular weight is 403 g/mol. The van der Waals surface area contributed by atoms with Gasteiger partial charge >= 0.3 is 0 Å². The first kappa shape index (κ1) is 17.9. The van der Waals surface area contributed by atoms with Gasteiger partial charge in [-0.15, -0.1) is 0 Å². The van der Waals surface area contributed by atoms with E-state index in [1.807, 2.05) is 55.5 Å². The van der Waals surface area contributed by atoms with Crippen LogP contribution in [-0.4, -0.2) is 27.4 Å². The molecule has 144 valence electrons. The summed E-state index contributed by atoms with van der Waals surface area (Å²) in [7, 11) is 0. The van der Waals surface area contributed by atoms with E-state index in [2.05, 4.69) is 20.3 Å². The Kier molecular flexibility index (Phi) is 4.32. The summed E-state index contributed by atoms with van der Waals surface area (Å²) in [6.45, 7) is 2.53. The number of carbonyl (C=O) groups excluding carboxylic acids is 1. The molecular formula is C23H19ClN4O. The maximum Gasteiger partial charge on any atom is 0.253 e. The van der Waals surface area contributed by atoms with Crippen LogP contribution in [0.5, 0.6) is 0 Å². The minimum absolute atomic E-state index is 0.0444. The molecule has 1 amide bonds. The first-order valence-electron chi connectivity index (χ1n) is 9.57. The van der Waals surface area contributed by atoms with Crippen molar-refractivity contribution in [1.29, 1.82) is 0 Å². The molecule has 0 spiro atoms. The molecule has 1 aliphatic rings. The lowest BCUT2D eigenvalue weighted by atomic mass is 9.91. The lowest BCUT2D eigenvalue weighted by molar-refractivity contribution is 0.0940. The van der Waals surface area contributed by atoms with Gasteiger partial charge in [-0.25, -0.2) is 4.98 Å². The van der Waals surface area contributed by atoms with Gasteiger partial charge in [0.1, 0.15) is 0 Å². The molecule has 29 heavy (non-hydrogen) atoms. The Hall–Kier alpha value is -3.18. The van der Waals surface area contributed by atoms with Gasteiger partial charge in [0.05, 0.1) is 22.3 Å². The van der Waals surface area contributed by atoms with Crippen LogP contribution in [0.3, 0.4) is 0 Å². The van der Waals surface area contributed by atoms with Crippen molar-refractivity contribution in [2.75, 3.05) is 6.54 Å². The number of amides is 1. The van der Waals surface area contributed by atoms with Crippen LogP contribution in [0.15, 0.2) is 54.7 Å². The van der Waals surface area contributed by atoms with Crippen molar-refractivity contribution < 1.29 is 4.79 Å². The molecule has 6 heteroatoms. The van der Waals surface area contributed by atoms with E-state index in [1.54, 1.807) is 6.20 Å². The van der Waals surface area contributed by atoms with Crippen LogP contribution in [0.2, 0.25) is 5.02 Å². The van der Waals surface area contributed by atoms with Crippen molar-refractivity contribution in [1.82, 2.24) is 20.3 Å². The van der Waals surface area contributed by atoms with Crippen molar-refractivity contribution in [3.05, 3.63) is 82.3 Å². The maximum absolute atomic E-state index is 12.5. The van der Waals surface area contributed by atoms with Crippen molar-refractivity contribution >= 4 is 28.5 Å². The predicted molar refractivity (Wildman–Crippen MR) is 114 cm³/mol. The van der Waals surface area contributed by atoms with E-state index in [-0.39, 0.29) is 11.8 Å². The van der Waals surface area contributed by atoms with E-state index in [0.717, 1.165) is 45.1 Å². The molecular weight excluding hydrogens is 384 g/mol. The number of benzene rings is 2. The number of H-pyrrole nitrogens is 1. The summed E-state index contributed by atoms with van der Waals surface area (Å²) in [5.41, 5.74) is 7.23. The van der Waals surface area contributed by atoms with E-state index in [0.29, 0.717) is 12.1 Å². The van der Waals surface area contributed by atoms with Gasteiger partial charge in [0.15, 0.2) is 0 Å². The molecule has 1 unspecified atom stereocenters. The molecule has 5 rings (SSSR count). The first-order chi connectivity index (χ1) is 14.1. The fraction of sp³-hybridized carbons (Fsp3) is 0.174. The number of hydrogen-bond acceptors (Lipinski definition) is 3. The topological polar surface area (TPSA) is 70.7 Å². The number of rotatable bonds is 3. The maximum atomic E-state index is 12.5. The second-order valence-electron chi connectivity index (χ2n) is 7.43. The number of aryl methyl sites for hydroxylation is 1. The highest BCUT2D eigenvalue weighted by Gasteiger charge is 2.28. The predicted octanol–water partition coefficient (Wildman–Crippen LogP) is 4.66. The Morgan fingerprint density at radius 3 is 2.79 bits per heavy atom. The Morgan fingerprint density at radius 2 is 1.97 bits per heavy atom. The van der Waals surface area contributed by atoms with E-state index in [9.17, 15) is 4.79 Å². The number of aromatic nitrogens is 3. The summed E-state index contributed by atoms with van der Waals surface area (Å²) < 4.78 is 0. The standard InChI is InChI=1S/C23H19ClN4O/c1-13-11-25-22-17(3-2-4-19(22)27-13)20-10-18-21(28-20)15(12-26-23(18)29)9-14-5-7-16(24)8-6-14/h2-8,10-11,15,28H,9,12H2,1H3,(H,26,29).